The second-order valence-corrected chi connectivity index (χ2v) is 8.74. The Morgan fingerprint density at radius 1 is 1.15 bits per heavy atom. The molecule has 2 atom stereocenters. The molecule has 0 saturated carbocycles. The summed E-state index contributed by atoms with van der Waals surface area (Å²) in [6, 6.07) is 20.0. The van der Waals surface area contributed by atoms with E-state index in [1.54, 1.807) is 0 Å². The maximum absolute atomic E-state index is 4.83. The number of H-pyrrole nitrogens is 1. The number of para-hydroxylation sites is 2. The molecule has 4 rings (SSSR count). The number of benzene rings is 2. The topological polar surface area (TPSA) is 68.3 Å². The number of fused-ring (bicyclic) bond motifs is 1. The number of imidazole rings is 1. The predicted octanol–water partition coefficient (Wildman–Crippen LogP) is 4.72. The van der Waals surface area contributed by atoms with Gasteiger partial charge in [0.05, 0.1) is 11.0 Å². The number of hydrogen-bond acceptors (Lipinski definition) is 3. The zero-order chi connectivity index (χ0) is 22.2. The molecule has 6 nitrogen and oxygen atoms in total. The van der Waals surface area contributed by atoms with E-state index in [1.807, 2.05) is 18.2 Å². The van der Waals surface area contributed by atoms with Gasteiger partial charge in [-0.3, -0.25) is 9.89 Å². The first-order chi connectivity index (χ1) is 15.7. The zero-order valence-electron chi connectivity index (χ0n) is 19.8. The number of nitrogens with zero attached hydrogens (tertiary/aromatic N) is 3. The molecule has 0 bridgehead atoms. The number of likely N-dealkylation sites (tertiary alicyclic amines) is 1. The van der Waals surface area contributed by atoms with Crippen LogP contribution in [0.1, 0.15) is 44.5 Å². The molecule has 0 amide bonds. The summed E-state index contributed by atoms with van der Waals surface area (Å²) in [6.45, 7) is 8.27. The molecule has 3 aromatic rings. The van der Waals surface area contributed by atoms with E-state index in [0.717, 1.165) is 74.7 Å². The van der Waals surface area contributed by atoms with Gasteiger partial charge in [0, 0.05) is 44.7 Å². The monoisotopic (exact) mass is 560 g/mol. The fourth-order valence-electron chi connectivity index (χ4n) is 4.48. The Morgan fingerprint density at radius 3 is 2.70 bits per heavy atom. The van der Waals surface area contributed by atoms with Gasteiger partial charge in [0.2, 0.25) is 0 Å². The summed E-state index contributed by atoms with van der Waals surface area (Å²) in [4.78, 5) is 15.5. The van der Waals surface area contributed by atoms with Crippen molar-refractivity contribution < 1.29 is 0 Å². The van der Waals surface area contributed by atoms with Gasteiger partial charge in [0.1, 0.15) is 5.82 Å². The molecule has 1 saturated heterocycles. The van der Waals surface area contributed by atoms with Crippen molar-refractivity contribution in [3.05, 3.63) is 66.0 Å². The van der Waals surface area contributed by atoms with Gasteiger partial charge < -0.3 is 15.6 Å². The zero-order valence-corrected chi connectivity index (χ0v) is 22.1. The van der Waals surface area contributed by atoms with Crippen LogP contribution in [0.3, 0.4) is 0 Å². The quantitative estimate of drug-likeness (QED) is 0.162. The van der Waals surface area contributed by atoms with Crippen LogP contribution in [0.15, 0.2) is 59.6 Å². The van der Waals surface area contributed by atoms with Crippen LogP contribution in [-0.4, -0.2) is 52.5 Å². The molecule has 0 aliphatic carbocycles. The molecule has 33 heavy (non-hydrogen) atoms. The summed E-state index contributed by atoms with van der Waals surface area (Å²) in [5.41, 5.74) is 3.53. The minimum atomic E-state index is 0. The van der Waals surface area contributed by atoms with Crippen LogP contribution in [0.25, 0.3) is 11.0 Å². The molecule has 2 heterocycles. The van der Waals surface area contributed by atoms with E-state index in [0.29, 0.717) is 12.1 Å². The summed E-state index contributed by atoms with van der Waals surface area (Å²) in [6.07, 6.45) is 4.16. The molecule has 2 aromatic carbocycles. The van der Waals surface area contributed by atoms with E-state index in [1.165, 1.54) is 5.56 Å². The minimum absolute atomic E-state index is 0. The van der Waals surface area contributed by atoms with Crippen LogP contribution in [0.4, 0.5) is 0 Å². The molecule has 1 fully saturated rings. The Morgan fingerprint density at radius 2 is 1.94 bits per heavy atom. The molecule has 1 aromatic heterocycles. The molecule has 3 N–H and O–H groups in total. The van der Waals surface area contributed by atoms with Gasteiger partial charge in [-0.2, -0.15) is 0 Å². The predicted molar refractivity (Wildman–Crippen MR) is 148 cm³/mol. The standard InChI is InChI=1S/C26H36N6.HI/c1-3-27-26(28-16-9-14-25-30-23-12-7-8-13-24(23)31-25)29-22-15-17-32(20(2)18-22)19-21-10-5-4-6-11-21;/h4-8,10-13,20,22H,3,9,14-19H2,1-2H3,(H,30,31)(H2,27,28,29);1H. The van der Waals surface area contributed by atoms with Crippen LogP contribution in [0.2, 0.25) is 0 Å². The third-order valence-electron chi connectivity index (χ3n) is 6.21. The van der Waals surface area contributed by atoms with E-state index in [4.69, 9.17) is 4.99 Å². The first kappa shape index (κ1) is 25.5. The summed E-state index contributed by atoms with van der Waals surface area (Å²) in [7, 11) is 0. The van der Waals surface area contributed by atoms with E-state index < -0.39 is 0 Å². The average molecular weight is 561 g/mol. The van der Waals surface area contributed by atoms with Gasteiger partial charge >= 0.3 is 0 Å². The molecule has 7 heteroatoms. The molecule has 2 unspecified atom stereocenters. The normalized spacial score (nSPS) is 19.3. The van der Waals surface area contributed by atoms with Crippen molar-refractivity contribution in [3.8, 4) is 0 Å². The van der Waals surface area contributed by atoms with Gasteiger partial charge in [-0.15, -0.1) is 24.0 Å². The number of aliphatic imine (C=N–C) groups is 1. The summed E-state index contributed by atoms with van der Waals surface area (Å²) >= 11 is 0. The second-order valence-electron chi connectivity index (χ2n) is 8.74. The van der Waals surface area contributed by atoms with Gasteiger partial charge in [-0.05, 0) is 50.8 Å². The van der Waals surface area contributed by atoms with Crippen molar-refractivity contribution in [2.45, 2.75) is 58.2 Å². The van der Waals surface area contributed by atoms with Crippen molar-refractivity contribution in [3.63, 3.8) is 0 Å². The lowest BCUT2D eigenvalue weighted by Crippen LogP contribution is -2.51. The fraction of sp³-hybridized carbons (Fsp3) is 0.462. The molecular formula is C26H37IN6. The number of aromatic nitrogens is 2. The molecule has 178 valence electrons. The smallest absolute Gasteiger partial charge is 0.191 e. The van der Waals surface area contributed by atoms with E-state index in [2.05, 4.69) is 75.7 Å². The lowest BCUT2D eigenvalue weighted by Gasteiger charge is -2.38. The molecule has 1 aliphatic heterocycles. The van der Waals surface area contributed by atoms with Crippen LogP contribution in [0, 0.1) is 0 Å². The Kier molecular flexibility index (Phi) is 9.99. The van der Waals surface area contributed by atoms with E-state index in [9.17, 15) is 0 Å². The van der Waals surface area contributed by atoms with E-state index in [-0.39, 0.29) is 24.0 Å². The maximum Gasteiger partial charge on any atom is 0.191 e. The van der Waals surface area contributed by atoms with Gasteiger partial charge in [0.25, 0.3) is 0 Å². The Balaban J connectivity index is 0.00000306. The highest BCUT2D eigenvalue weighted by Gasteiger charge is 2.25. The number of rotatable bonds is 8. The number of halogens is 1. The minimum Gasteiger partial charge on any atom is -0.357 e. The first-order valence-corrected chi connectivity index (χ1v) is 12.0. The highest BCUT2D eigenvalue weighted by molar-refractivity contribution is 14.0. The van der Waals surface area contributed by atoms with Gasteiger partial charge in [-0.1, -0.05) is 42.5 Å². The van der Waals surface area contributed by atoms with Crippen molar-refractivity contribution in [1.82, 2.24) is 25.5 Å². The lowest BCUT2D eigenvalue weighted by molar-refractivity contribution is 0.134. The fourth-order valence-corrected chi connectivity index (χ4v) is 4.48. The molecular weight excluding hydrogens is 523 g/mol. The van der Waals surface area contributed by atoms with Crippen molar-refractivity contribution in [1.29, 1.82) is 0 Å². The highest BCUT2D eigenvalue weighted by atomic mass is 127. The third-order valence-corrected chi connectivity index (χ3v) is 6.21. The average Bonchev–Trinajstić information content (AvgIpc) is 3.22. The van der Waals surface area contributed by atoms with Crippen molar-refractivity contribution in [2.75, 3.05) is 19.6 Å². The maximum atomic E-state index is 4.83. The summed E-state index contributed by atoms with van der Waals surface area (Å²) < 4.78 is 0. The van der Waals surface area contributed by atoms with Crippen molar-refractivity contribution in [2.24, 2.45) is 4.99 Å². The Bertz CT molecular complexity index is 969. The molecule has 1 aliphatic rings. The third kappa shape index (κ3) is 7.43. The van der Waals surface area contributed by atoms with E-state index >= 15 is 0 Å². The number of piperidine rings is 1. The summed E-state index contributed by atoms with van der Waals surface area (Å²) in [5, 5.41) is 7.10. The highest BCUT2D eigenvalue weighted by Crippen LogP contribution is 2.20. The first-order valence-electron chi connectivity index (χ1n) is 12.0. The van der Waals surface area contributed by atoms with Gasteiger partial charge in [-0.25, -0.2) is 4.98 Å². The number of guanidine groups is 1. The SMILES string of the molecule is CCNC(=NCCCc1nc2ccccc2[nH]1)NC1CCN(Cc2ccccc2)C(C)C1.I. The van der Waals surface area contributed by atoms with Crippen LogP contribution < -0.4 is 10.6 Å². The van der Waals surface area contributed by atoms with Gasteiger partial charge in [0.15, 0.2) is 5.96 Å². The van der Waals surface area contributed by atoms with Crippen LogP contribution >= 0.6 is 24.0 Å². The van der Waals surface area contributed by atoms with Crippen LogP contribution in [-0.2, 0) is 13.0 Å². The van der Waals surface area contributed by atoms with Crippen LogP contribution in [0.5, 0.6) is 0 Å². The second kappa shape index (κ2) is 12.9. The molecule has 0 spiro atoms. The lowest BCUT2D eigenvalue weighted by atomic mass is 9.97. The number of nitrogens with one attached hydrogen (secondary N) is 3. The number of hydrogen-bond donors (Lipinski definition) is 3. The summed E-state index contributed by atoms with van der Waals surface area (Å²) in [5.74, 6) is 1.98. The van der Waals surface area contributed by atoms with Crippen molar-refractivity contribution >= 4 is 41.0 Å². The Hall–Kier alpha value is -2.13. The number of aryl methyl sites for hydroxylation is 1. The Labute approximate surface area is 214 Å². The molecule has 0 radical (unpaired) electrons. The number of aromatic amines is 1. The largest absolute Gasteiger partial charge is 0.357 e.